The molecule has 1 saturated carbocycles. The van der Waals surface area contributed by atoms with Crippen LogP contribution in [0.2, 0.25) is 0 Å². The number of nitrogens with one attached hydrogen (secondary N) is 1. The van der Waals surface area contributed by atoms with Crippen LogP contribution in [-0.4, -0.2) is 36.3 Å². The molecule has 0 spiro atoms. The van der Waals surface area contributed by atoms with Crippen molar-refractivity contribution >= 4 is 17.1 Å². The molecule has 0 aromatic carbocycles. The van der Waals surface area contributed by atoms with Crippen molar-refractivity contribution in [2.24, 2.45) is 5.92 Å². The first-order valence-corrected chi connectivity index (χ1v) is 6.21. The van der Waals surface area contributed by atoms with E-state index >= 15 is 0 Å². The van der Waals surface area contributed by atoms with E-state index in [2.05, 4.69) is 21.5 Å². The third kappa shape index (κ3) is 1.58. The first-order chi connectivity index (χ1) is 9.47. The van der Waals surface area contributed by atoms with Crippen molar-refractivity contribution in [3.8, 4) is 0 Å². The minimum absolute atomic E-state index is 0.0507. The standard InChI is InChI=1S/C12H15N5O3/c1-6-2-3-12(20,7(6)4-18)17-5-14-8-9(17)15-11(13)16-10(8)19/h5,7,18,20H,1-4H2,(H3,13,15,16,19)/t7?,12-/m0/s1. The molecule has 2 atom stereocenters. The number of aliphatic hydroxyl groups excluding tert-OH is 1. The number of nitrogen functional groups attached to an aromatic ring is 1. The predicted octanol–water partition coefficient (Wildman–Crippen LogP) is -0.695. The van der Waals surface area contributed by atoms with Gasteiger partial charge in [0, 0.05) is 0 Å². The number of nitrogens with zero attached hydrogens (tertiary/aromatic N) is 3. The lowest BCUT2D eigenvalue weighted by atomic mass is 9.97. The highest BCUT2D eigenvalue weighted by Crippen LogP contribution is 2.43. The van der Waals surface area contributed by atoms with E-state index in [0.717, 1.165) is 5.57 Å². The maximum atomic E-state index is 11.7. The fraction of sp³-hybridized carbons (Fsp3) is 0.417. The van der Waals surface area contributed by atoms with Crippen LogP contribution < -0.4 is 11.3 Å². The molecule has 1 fully saturated rings. The summed E-state index contributed by atoms with van der Waals surface area (Å²) in [6.45, 7) is 3.62. The van der Waals surface area contributed by atoms with E-state index in [4.69, 9.17) is 5.73 Å². The molecule has 0 aliphatic heterocycles. The van der Waals surface area contributed by atoms with Gasteiger partial charge in [-0.25, -0.2) is 4.98 Å². The van der Waals surface area contributed by atoms with Crippen molar-refractivity contribution in [3.05, 3.63) is 28.8 Å². The highest BCUT2D eigenvalue weighted by Gasteiger charge is 2.45. The highest BCUT2D eigenvalue weighted by atomic mass is 16.3. The predicted molar refractivity (Wildman–Crippen MR) is 71.7 cm³/mol. The van der Waals surface area contributed by atoms with Crippen LogP contribution in [0.15, 0.2) is 23.3 Å². The summed E-state index contributed by atoms with van der Waals surface area (Å²) in [6, 6.07) is 0. The van der Waals surface area contributed by atoms with Gasteiger partial charge in [-0.15, -0.1) is 0 Å². The number of fused-ring (bicyclic) bond motifs is 1. The molecule has 2 heterocycles. The molecule has 0 amide bonds. The summed E-state index contributed by atoms with van der Waals surface area (Å²) < 4.78 is 1.40. The van der Waals surface area contributed by atoms with Crippen LogP contribution in [0.4, 0.5) is 5.95 Å². The summed E-state index contributed by atoms with van der Waals surface area (Å²) in [6.07, 6.45) is 2.30. The number of aliphatic hydroxyl groups is 2. The highest BCUT2D eigenvalue weighted by molar-refractivity contribution is 5.70. The summed E-state index contributed by atoms with van der Waals surface area (Å²) in [5.41, 5.74) is 4.73. The second-order valence-electron chi connectivity index (χ2n) is 5.01. The maximum absolute atomic E-state index is 11.7. The second-order valence-corrected chi connectivity index (χ2v) is 5.01. The number of H-pyrrole nitrogens is 1. The molecule has 0 saturated heterocycles. The van der Waals surface area contributed by atoms with Crippen molar-refractivity contribution in [2.75, 3.05) is 12.3 Å². The van der Waals surface area contributed by atoms with Gasteiger partial charge in [0.2, 0.25) is 5.95 Å². The molecule has 2 aromatic heterocycles. The normalized spacial score (nSPS) is 26.5. The Hall–Kier alpha value is -2.19. The summed E-state index contributed by atoms with van der Waals surface area (Å²) in [7, 11) is 0. The summed E-state index contributed by atoms with van der Waals surface area (Å²) in [5.74, 6) is -0.576. The number of imidazole rings is 1. The van der Waals surface area contributed by atoms with Crippen LogP contribution in [0.5, 0.6) is 0 Å². The van der Waals surface area contributed by atoms with E-state index in [0.29, 0.717) is 12.8 Å². The molecule has 8 nitrogen and oxygen atoms in total. The number of hydrogen-bond donors (Lipinski definition) is 4. The van der Waals surface area contributed by atoms with E-state index in [9.17, 15) is 15.0 Å². The van der Waals surface area contributed by atoms with Gasteiger partial charge in [-0.2, -0.15) is 4.98 Å². The molecule has 20 heavy (non-hydrogen) atoms. The van der Waals surface area contributed by atoms with E-state index in [1.165, 1.54) is 10.9 Å². The number of aromatic amines is 1. The van der Waals surface area contributed by atoms with E-state index in [-0.39, 0.29) is 23.7 Å². The van der Waals surface area contributed by atoms with Crippen molar-refractivity contribution in [1.82, 2.24) is 19.5 Å². The molecule has 5 N–H and O–H groups in total. The lowest BCUT2D eigenvalue weighted by Gasteiger charge is -2.30. The molecular formula is C12H15N5O3. The first-order valence-electron chi connectivity index (χ1n) is 6.21. The van der Waals surface area contributed by atoms with Gasteiger partial charge in [-0.1, -0.05) is 12.2 Å². The summed E-state index contributed by atoms with van der Waals surface area (Å²) >= 11 is 0. The smallest absolute Gasteiger partial charge is 0.280 e. The Balaban J connectivity index is 2.25. The lowest BCUT2D eigenvalue weighted by Crippen LogP contribution is -2.39. The van der Waals surface area contributed by atoms with Crippen LogP contribution in [0.25, 0.3) is 11.2 Å². The summed E-state index contributed by atoms with van der Waals surface area (Å²) in [4.78, 5) is 22.1. The largest absolute Gasteiger partial charge is 0.396 e. The number of hydrogen-bond acceptors (Lipinski definition) is 6. The quantitative estimate of drug-likeness (QED) is 0.537. The summed E-state index contributed by atoms with van der Waals surface area (Å²) in [5, 5.41) is 20.4. The van der Waals surface area contributed by atoms with Crippen molar-refractivity contribution in [1.29, 1.82) is 0 Å². The van der Waals surface area contributed by atoms with Gasteiger partial charge in [-0.05, 0) is 12.8 Å². The van der Waals surface area contributed by atoms with Crippen molar-refractivity contribution in [3.63, 3.8) is 0 Å². The Morgan fingerprint density at radius 2 is 2.40 bits per heavy atom. The third-order valence-electron chi connectivity index (χ3n) is 3.89. The lowest BCUT2D eigenvalue weighted by molar-refractivity contribution is -0.0770. The number of rotatable bonds is 2. The van der Waals surface area contributed by atoms with Gasteiger partial charge in [0.25, 0.3) is 5.56 Å². The second kappa shape index (κ2) is 4.15. The Morgan fingerprint density at radius 3 is 3.10 bits per heavy atom. The number of aromatic nitrogens is 4. The zero-order valence-electron chi connectivity index (χ0n) is 10.7. The Bertz CT molecular complexity index is 749. The van der Waals surface area contributed by atoms with Gasteiger partial charge in [0.1, 0.15) is 0 Å². The first kappa shape index (κ1) is 12.8. The van der Waals surface area contributed by atoms with Crippen LogP contribution >= 0.6 is 0 Å². The van der Waals surface area contributed by atoms with Crippen molar-refractivity contribution < 1.29 is 10.2 Å². The molecule has 1 aliphatic carbocycles. The fourth-order valence-electron chi connectivity index (χ4n) is 2.79. The van der Waals surface area contributed by atoms with Gasteiger partial charge < -0.3 is 15.9 Å². The molecule has 106 valence electrons. The Kier molecular flexibility index (Phi) is 2.66. The third-order valence-corrected chi connectivity index (χ3v) is 3.89. The average molecular weight is 277 g/mol. The molecule has 2 aromatic rings. The SMILES string of the molecule is C=C1CC[C@@](O)(n2cnc3c(=O)[nH]c(N)nc32)C1CO. The van der Waals surface area contributed by atoms with Gasteiger partial charge in [0.15, 0.2) is 16.9 Å². The molecule has 0 radical (unpaired) electrons. The van der Waals surface area contributed by atoms with E-state index < -0.39 is 17.2 Å². The molecule has 1 unspecified atom stereocenters. The van der Waals surface area contributed by atoms with Gasteiger partial charge >= 0.3 is 0 Å². The minimum Gasteiger partial charge on any atom is -0.396 e. The maximum Gasteiger partial charge on any atom is 0.280 e. The van der Waals surface area contributed by atoms with E-state index in [1.807, 2.05) is 0 Å². The zero-order valence-corrected chi connectivity index (χ0v) is 10.7. The minimum atomic E-state index is -1.40. The molecular weight excluding hydrogens is 262 g/mol. The fourth-order valence-corrected chi connectivity index (χ4v) is 2.79. The van der Waals surface area contributed by atoms with Crippen LogP contribution in [0.1, 0.15) is 12.8 Å². The molecule has 1 aliphatic rings. The average Bonchev–Trinajstić information content (AvgIpc) is 2.92. The van der Waals surface area contributed by atoms with Crippen LogP contribution in [0.3, 0.4) is 0 Å². The number of anilines is 1. The number of nitrogens with two attached hydrogens (primary N) is 1. The van der Waals surface area contributed by atoms with Crippen molar-refractivity contribution in [2.45, 2.75) is 18.6 Å². The van der Waals surface area contributed by atoms with Gasteiger partial charge in [-0.3, -0.25) is 14.3 Å². The molecule has 0 bridgehead atoms. The molecule has 8 heteroatoms. The van der Waals surface area contributed by atoms with Crippen LogP contribution in [-0.2, 0) is 5.72 Å². The van der Waals surface area contributed by atoms with Crippen LogP contribution in [0, 0.1) is 5.92 Å². The monoisotopic (exact) mass is 277 g/mol. The van der Waals surface area contributed by atoms with Gasteiger partial charge in [0.05, 0.1) is 18.9 Å². The zero-order chi connectivity index (χ0) is 14.5. The topological polar surface area (TPSA) is 130 Å². The molecule has 3 rings (SSSR count). The Labute approximate surface area is 113 Å². The van der Waals surface area contributed by atoms with E-state index in [1.54, 1.807) is 0 Å². The Morgan fingerprint density at radius 1 is 1.65 bits per heavy atom.